The third-order valence-electron chi connectivity index (χ3n) is 3.42. The highest BCUT2D eigenvalue weighted by atomic mass is 16.5. The zero-order valence-corrected chi connectivity index (χ0v) is 12.1. The van der Waals surface area contributed by atoms with Crippen LogP contribution in [-0.2, 0) is 11.2 Å². The molecule has 0 saturated heterocycles. The lowest BCUT2D eigenvalue weighted by molar-refractivity contribution is -0.140. The van der Waals surface area contributed by atoms with E-state index in [0.29, 0.717) is 6.54 Å². The van der Waals surface area contributed by atoms with E-state index in [4.69, 9.17) is 9.84 Å². The van der Waals surface area contributed by atoms with Crippen LogP contribution in [0.25, 0.3) is 0 Å². The van der Waals surface area contributed by atoms with Crippen LogP contribution in [0.5, 0.6) is 5.75 Å². The molecule has 2 rings (SSSR count). The molecule has 2 amide bonds. The minimum absolute atomic E-state index is 0.115. The quantitative estimate of drug-likeness (QED) is 0.765. The Morgan fingerprint density at radius 2 is 2.10 bits per heavy atom. The van der Waals surface area contributed by atoms with Crippen LogP contribution >= 0.6 is 0 Å². The summed E-state index contributed by atoms with van der Waals surface area (Å²) in [5.74, 6) is -0.375. The van der Waals surface area contributed by atoms with E-state index in [0.717, 1.165) is 17.7 Å². The molecule has 0 fully saturated rings. The van der Waals surface area contributed by atoms with Crippen molar-refractivity contribution in [3.63, 3.8) is 0 Å². The lowest BCUT2D eigenvalue weighted by Gasteiger charge is -2.19. The predicted molar refractivity (Wildman–Crippen MR) is 77.4 cm³/mol. The van der Waals surface area contributed by atoms with Gasteiger partial charge in [-0.25, -0.2) is 9.59 Å². The van der Waals surface area contributed by atoms with Gasteiger partial charge in [-0.05, 0) is 17.5 Å². The number of fused-ring (bicyclic) bond motifs is 1. The molecule has 6 nitrogen and oxygen atoms in total. The Hall–Kier alpha value is -2.24. The van der Waals surface area contributed by atoms with Gasteiger partial charge in [0.15, 0.2) is 0 Å². The number of para-hydroxylation sites is 1. The number of amides is 2. The van der Waals surface area contributed by atoms with Gasteiger partial charge in [-0.2, -0.15) is 0 Å². The van der Waals surface area contributed by atoms with E-state index >= 15 is 0 Å². The van der Waals surface area contributed by atoms with Gasteiger partial charge in [0.05, 0.1) is 6.54 Å². The Kier molecular flexibility index (Phi) is 4.67. The number of ether oxygens (including phenoxy) is 1. The predicted octanol–water partition coefficient (Wildman–Crippen LogP) is 1.40. The van der Waals surface area contributed by atoms with Crippen molar-refractivity contribution in [2.45, 2.75) is 32.4 Å². The molecule has 21 heavy (non-hydrogen) atoms. The third kappa shape index (κ3) is 3.87. The number of urea groups is 1. The van der Waals surface area contributed by atoms with Crippen LogP contribution in [0, 0.1) is 5.92 Å². The fourth-order valence-electron chi connectivity index (χ4n) is 2.28. The molecule has 1 aliphatic heterocycles. The lowest BCUT2D eigenvalue weighted by atomic mass is 10.1. The second-order valence-corrected chi connectivity index (χ2v) is 5.47. The van der Waals surface area contributed by atoms with Gasteiger partial charge in [0.1, 0.15) is 17.9 Å². The van der Waals surface area contributed by atoms with Crippen molar-refractivity contribution >= 4 is 12.0 Å². The van der Waals surface area contributed by atoms with Crippen LogP contribution in [0.2, 0.25) is 0 Å². The lowest BCUT2D eigenvalue weighted by Crippen LogP contribution is -2.50. The van der Waals surface area contributed by atoms with Crippen molar-refractivity contribution in [1.29, 1.82) is 0 Å². The topological polar surface area (TPSA) is 87.7 Å². The maximum atomic E-state index is 11.8. The Balaban J connectivity index is 1.79. The minimum atomic E-state index is -1.04. The summed E-state index contributed by atoms with van der Waals surface area (Å²) in [7, 11) is 0. The molecule has 3 N–H and O–H groups in total. The average Bonchev–Trinajstić information content (AvgIpc) is 2.84. The fraction of sp³-hybridized carbons (Fsp3) is 0.467. The molecule has 1 aliphatic rings. The Bertz CT molecular complexity index is 505. The number of rotatable bonds is 5. The SMILES string of the molecule is CC(C)[C@@H](NC(=O)NCC1Cc2ccccc2O1)C(=O)O. The first kappa shape index (κ1) is 15.2. The smallest absolute Gasteiger partial charge is 0.326 e. The van der Waals surface area contributed by atoms with Crippen LogP contribution in [-0.4, -0.2) is 35.8 Å². The summed E-state index contributed by atoms with van der Waals surface area (Å²) >= 11 is 0. The standard InChI is InChI=1S/C15H20N2O4/c1-9(2)13(14(18)19)17-15(20)16-8-11-7-10-5-3-4-6-12(10)21-11/h3-6,9,11,13H,7-8H2,1-2H3,(H,18,19)(H2,16,17,20)/t11?,13-/m1/s1. The first-order valence-electron chi connectivity index (χ1n) is 6.99. The first-order valence-corrected chi connectivity index (χ1v) is 6.99. The van der Waals surface area contributed by atoms with Crippen LogP contribution in [0.3, 0.4) is 0 Å². The second kappa shape index (κ2) is 6.47. The van der Waals surface area contributed by atoms with Gasteiger partial charge >= 0.3 is 12.0 Å². The van der Waals surface area contributed by atoms with Gasteiger partial charge in [-0.1, -0.05) is 32.0 Å². The number of carboxylic acid groups (broad SMARTS) is 1. The molecule has 1 heterocycles. The van der Waals surface area contributed by atoms with Crippen molar-refractivity contribution in [2.75, 3.05) is 6.54 Å². The molecule has 2 atom stereocenters. The van der Waals surface area contributed by atoms with Gasteiger partial charge < -0.3 is 20.5 Å². The fourth-order valence-corrected chi connectivity index (χ4v) is 2.28. The molecule has 0 aliphatic carbocycles. The number of benzene rings is 1. The van der Waals surface area contributed by atoms with E-state index in [1.54, 1.807) is 13.8 Å². The van der Waals surface area contributed by atoms with Crippen LogP contribution in [0.1, 0.15) is 19.4 Å². The van der Waals surface area contributed by atoms with Gasteiger partial charge in [0.2, 0.25) is 0 Å². The summed E-state index contributed by atoms with van der Waals surface area (Å²) in [6.07, 6.45) is 0.624. The van der Waals surface area contributed by atoms with Crippen molar-refractivity contribution in [3.8, 4) is 5.75 Å². The van der Waals surface area contributed by atoms with Crippen LogP contribution in [0.15, 0.2) is 24.3 Å². The van der Waals surface area contributed by atoms with Gasteiger partial charge in [0.25, 0.3) is 0 Å². The highest BCUT2D eigenvalue weighted by molar-refractivity contribution is 5.82. The number of nitrogens with one attached hydrogen (secondary N) is 2. The summed E-state index contributed by atoms with van der Waals surface area (Å²) < 4.78 is 5.70. The van der Waals surface area contributed by atoms with E-state index in [-0.39, 0.29) is 12.0 Å². The van der Waals surface area contributed by atoms with E-state index in [1.807, 2.05) is 24.3 Å². The number of hydrogen-bond donors (Lipinski definition) is 3. The van der Waals surface area contributed by atoms with Crippen molar-refractivity contribution in [2.24, 2.45) is 5.92 Å². The minimum Gasteiger partial charge on any atom is -0.488 e. The highest BCUT2D eigenvalue weighted by Crippen LogP contribution is 2.27. The van der Waals surface area contributed by atoms with Crippen LogP contribution < -0.4 is 15.4 Å². The maximum absolute atomic E-state index is 11.8. The number of carbonyl (C=O) groups is 2. The largest absolute Gasteiger partial charge is 0.488 e. The number of carbonyl (C=O) groups excluding carboxylic acids is 1. The molecule has 114 valence electrons. The highest BCUT2D eigenvalue weighted by Gasteiger charge is 2.25. The summed E-state index contributed by atoms with van der Waals surface area (Å²) in [4.78, 5) is 22.8. The second-order valence-electron chi connectivity index (χ2n) is 5.47. The molecule has 0 radical (unpaired) electrons. The van der Waals surface area contributed by atoms with E-state index < -0.39 is 18.0 Å². The first-order chi connectivity index (χ1) is 9.97. The monoisotopic (exact) mass is 292 g/mol. The Labute approximate surface area is 123 Å². The number of carboxylic acids is 1. The van der Waals surface area contributed by atoms with Crippen LogP contribution in [0.4, 0.5) is 4.79 Å². The van der Waals surface area contributed by atoms with Gasteiger partial charge in [-0.15, -0.1) is 0 Å². The molecule has 1 unspecified atom stereocenters. The molecular weight excluding hydrogens is 272 g/mol. The molecule has 0 bridgehead atoms. The zero-order chi connectivity index (χ0) is 15.4. The molecular formula is C15H20N2O4. The average molecular weight is 292 g/mol. The van der Waals surface area contributed by atoms with E-state index in [1.165, 1.54) is 0 Å². The van der Waals surface area contributed by atoms with E-state index in [9.17, 15) is 9.59 Å². The molecule has 6 heteroatoms. The molecule has 0 aromatic heterocycles. The molecule has 0 spiro atoms. The normalized spacial score (nSPS) is 17.8. The molecule has 0 saturated carbocycles. The number of aliphatic carboxylic acids is 1. The summed E-state index contributed by atoms with van der Waals surface area (Å²) in [5.41, 5.74) is 1.12. The number of hydrogen-bond acceptors (Lipinski definition) is 3. The zero-order valence-electron chi connectivity index (χ0n) is 12.1. The Morgan fingerprint density at radius 3 is 2.71 bits per heavy atom. The summed E-state index contributed by atoms with van der Waals surface area (Å²) in [6.45, 7) is 3.83. The van der Waals surface area contributed by atoms with Gasteiger partial charge in [-0.3, -0.25) is 0 Å². The molecule has 1 aromatic rings. The summed E-state index contributed by atoms with van der Waals surface area (Å²) in [6, 6.07) is 6.36. The maximum Gasteiger partial charge on any atom is 0.326 e. The summed E-state index contributed by atoms with van der Waals surface area (Å²) in [5, 5.41) is 14.1. The van der Waals surface area contributed by atoms with Gasteiger partial charge in [0, 0.05) is 6.42 Å². The van der Waals surface area contributed by atoms with Crippen molar-refractivity contribution < 1.29 is 19.4 Å². The van der Waals surface area contributed by atoms with E-state index in [2.05, 4.69) is 10.6 Å². The van der Waals surface area contributed by atoms with Crippen molar-refractivity contribution in [3.05, 3.63) is 29.8 Å². The molecule has 1 aromatic carbocycles. The Morgan fingerprint density at radius 1 is 1.38 bits per heavy atom. The van der Waals surface area contributed by atoms with Crippen molar-refractivity contribution in [1.82, 2.24) is 10.6 Å². The third-order valence-corrected chi connectivity index (χ3v) is 3.42.